The maximum absolute atomic E-state index is 12.5. The first kappa shape index (κ1) is 15.7. The minimum absolute atomic E-state index is 0. The Labute approximate surface area is 116 Å². The molecule has 0 aromatic rings. The van der Waals surface area contributed by atoms with E-state index in [4.69, 9.17) is 0 Å². The van der Waals surface area contributed by atoms with Crippen molar-refractivity contribution in [3.05, 3.63) is 0 Å². The highest BCUT2D eigenvalue weighted by atomic mass is 35.5. The maximum Gasteiger partial charge on any atom is 0.242 e. The molecule has 5 heteroatoms. The number of carbonyl (C=O) groups is 1. The average molecular weight is 277 g/mol. The van der Waals surface area contributed by atoms with Crippen molar-refractivity contribution in [1.29, 1.82) is 0 Å². The summed E-state index contributed by atoms with van der Waals surface area (Å²) in [5.74, 6) is 0.234. The molecule has 2 fully saturated rings. The van der Waals surface area contributed by atoms with Crippen molar-refractivity contribution in [3.63, 3.8) is 0 Å². The zero-order valence-corrected chi connectivity index (χ0v) is 12.1. The van der Waals surface area contributed by atoms with E-state index in [2.05, 4.69) is 5.32 Å². The normalized spacial score (nSPS) is 33.3. The number of hydrogen-bond donors (Lipinski definition) is 2. The lowest BCUT2D eigenvalue weighted by atomic mass is 9.97. The molecule has 3 unspecified atom stereocenters. The molecular weight excluding hydrogens is 252 g/mol. The summed E-state index contributed by atoms with van der Waals surface area (Å²) in [4.78, 5) is 14.5. The third-order valence-electron chi connectivity index (χ3n) is 4.09. The first-order valence-corrected chi connectivity index (χ1v) is 6.77. The molecule has 18 heavy (non-hydrogen) atoms. The fourth-order valence-electron chi connectivity index (χ4n) is 3.14. The number of rotatable bonds is 3. The summed E-state index contributed by atoms with van der Waals surface area (Å²) >= 11 is 0. The van der Waals surface area contributed by atoms with Crippen LogP contribution in [-0.2, 0) is 4.79 Å². The predicted molar refractivity (Wildman–Crippen MR) is 73.9 cm³/mol. The minimum atomic E-state index is -0.360. The smallest absolute Gasteiger partial charge is 0.242 e. The van der Waals surface area contributed by atoms with Gasteiger partial charge in [-0.1, -0.05) is 0 Å². The molecule has 1 amide bonds. The second kappa shape index (κ2) is 6.22. The molecule has 2 heterocycles. The summed E-state index contributed by atoms with van der Waals surface area (Å²) in [5, 5.41) is 12.8. The van der Waals surface area contributed by atoms with E-state index >= 15 is 0 Å². The van der Waals surface area contributed by atoms with Gasteiger partial charge in [-0.3, -0.25) is 4.79 Å². The van der Waals surface area contributed by atoms with Crippen LogP contribution in [0, 0.1) is 0 Å². The molecule has 2 rings (SSSR count). The van der Waals surface area contributed by atoms with E-state index in [1.807, 2.05) is 11.8 Å². The summed E-state index contributed by atoms with van der Waals surface area (Å²) in [7, 11) is 0. The average Bonchev–Trinajstić information content (AvgIpc) is 2.86. The summed E-state index contributed by atoms with van der Waals surface area (Å²) in [6, 6.07) is 0.238. The quantitative estimate of drug-likeness (QED) is 0.817. The van der Waals surface area contributed by atoms with Crippen LogP contribution in [0.1, 0.15) is 46.0 Å². The summed E-state index contributed by atoms with van der Waals surface area (Å²) in [6.07, 6.45) is 4.51. The van der Waals surface area contributed by atoms with Crippen molar-refractivity contribution in [1.82, 2.24) is 10.2 Å². The number of halogens is 1. The molecule has 0 radical (unpaired) electrons. The molecule has 0 saturated carbocycles. The highest BCUT2D eigenvalue weighted by Gasteiger charge is 2.42. The first-order chi connectivity index (χ1) is 8.03. The second-order valence-corrected chi connectivity index (χ2v) is 5.74. The molecule has 2 aliphatic heterocycles. The third kappa shape index (κ3) is 3.16. The van der Waals surface area contributed by atoms with Gasteiger partial charge in [-0.25, -0.2) is 0 Å². The van der Waals surface area contributed by atoms with Gasteiger partial charge in [-0.2, -0.15) is 0 Å². The van der Waals surface area contributed by atoms with Crippen LogP contribution < -0.4 is 5.32 Å². The molecule has 106 valence electrons. The highest BCUT2D eigenvalue weighted by molar-refractivity contribution is 5.86. The third-order valence-corrected chi connectivity index (χ3v) is 4.09. The number of nitrogens with one attached hydrogen (secondary N) is 1. The van der Waals surface area contributed by atoms with Crippen molar-refractivity contribution < 1.29 is 9.90 Å². The highest BCUT2D eigenvalue weighted by Crippen LogP contribution is 2.28. The number of hydrogen-bond acceptors (Lipinski definition) is 3. The molecule has 0 aromatic heterocycles. The zero-order valence-electron chi connectivity index (χ0n) is 11.3. The van der Waals surface area contributed by atoms with Crippen molar-refractivity contribution >= 4 is 18.3 Å². The molecule has 0 aromatic carbocycles. The van der Waals surface area contributed by atoms with Gasteiger partial charge < -0.3 is 15.3 Å². The number of aliphatic hydroxyl groups excluding tert-OH is 1. The Morgan fingerprint density at radius 2 is 2.28 bits per heavy atom. The van der Waals surface area contributed by atoms with Crippen molar-refractivity contribution in [2.45, 2.75) is 63.6 Å². The van der Waals surface area contributed by atoms with Crippen molar-refractivity contribution in [2.24, 2.45) is 0 Å². The van der Waals surface area contributed by atoms with Crippen LogP contribution in [0.4, 0.5) is 0 Å². The topological polar surface area (TPSA) is 52.6 Å². The monoisotopic (exact) mass is 276 g/mol. The fourth-order valence-corrected chi connectivity index (χ4v) is 3.14. The fraction of sp³-hybridized carbons (Fsp3) is 0.923. The largest absolute Gasteiger partial charge is 0.393 e. The van der Waals surface area contributed by atoms with E-state index in [0.717, 1.165) is 38.8 Å². The van der Waals surface area contributed by atoms with Crippen LogP contribution in [0.2, 0.25) is 0 Å². The van der Waals surface area contributed by atoms with Gasteiger partial charge in [0, 0.05) is 12.6 Å². The zero-order chi connectivity index (χ0) is 12.5. The molecule has 0 spiro atoms. The van der Waals surface area contributed by atoms with Gasteiger partial charge in [0.2, 0.25) is 5.91 Å². The van der Waals surface area contributed by atoms with Crippen LogP contribution in [0.25, 0.3) is 0 Å². The second-order valence-electron chi connectivity index (χ2n) is 5.74. The molecule has 3 atom stereocenters. The van der Waals surface area contributed by atoms with Gasteiger partial charge in [0.25, 0.3) is 0 Å². The van der Waals surface area contributed by atoms with Crippen LogP contribution in [0.5, 0.6) is 0 Å². The first-order valence-electron chi connectivity index (χ1n) is 6.77. The molecule has 4 nitrogen and oxygen atoms in total. The minimum Gasteiger partial charge on any atom is -0.393 e. The van der Waals surface area contributed by atoms with E-state index in [9.17, 15) is 9.90 Å². The van der Waals surface area contributed by atoms with Gasteiger partial charge >= 0.3 is 0 Å². The Bertz CT molecular complexity index is 291. The van der Waals surface area contributed by atoms with E-state index in [1.54, 1.807) is 6.92 Å². The molecule has 2 saturated heterocycles. The van der Waals surface area contributed by atoms with Gasteiger partial charge in [-0.15, -0.1) is 12.4 Å². The Morgan fingerprint density at radius 3 is 2.83 bits per heavy atom. The standard InChI is InChI=1S/C13H24N2O2.ClH/c1-10(16)9-11-5-3-8-15(11)12(17)13(2)6-4-7-14-13;/h10-11,14,16H,3-9H2,1-2H3;1H. The molecule has 0 aliphatic carbocycles. The van der Waals surface area contributed by atoms with Crippen molar-refractivity contribution in [2.75, 3.05) is 13.1 Å². The van der Waals surface area contributed by atoms with E-state index in [0.29, 0.717) is 6.42 Å². The van der Waals surface area contributed by atoms with Gasteiger partial charge in [0.15, 0.2) is 0 Å². The SMILES string of the molecule is CC(O)CC1CCCN1C(=O)C1(C)CCCN1.Cl. The molecule has 0 bridgehead atoms. The van der Waals surface area contributed by atoms with Gasteiger partial charge in [0.1, 0.15) is 0 Å². The molecule has 2 aliphatic rings. The molecular formula is C13H25ClN2O2. The lowest BCUT2D eigenvalue weighted by molar-refractivity contribution is -0.138. The van der Waals surface area contributed by atoms with E-state index in [1.165, 1.54) is 0 Å². The van der Waals surface area contributed by atoms with Crippen LogP contribution in [0.3, 0.4) is 0 Å². The van der Waals surface area contributed by atoms with Gasteiger partial charge in [-0.05, 0) is 52.5 Å². The number of nitrogens with zero attached hydrogens (tertiary/aromatic N) is 1. The Kier molecular flexibility index (Phi) is 5.44. The van der Waals surface area contributed by atoms with Crippen LogP contribution in [-0.4, -0.2) is 46.7 Å². The van der Waals surface area contributed by atoms with Crippen LogP contribution in [0.15, 0.2) is 0 Å². The Morgan fingerprint density at radius 1 is 1.56 bits per heavy atom. The number of aliphatic hydroxyl groups is 1. The summed E-state index contributed by atoms with van der Waals surface area (Å²) in [6.45, 7) is 5.61. The van der Waals surface area contributed by atoms with Crippen molar-refractivity contribution in [3.8, 4) is 0 Å². The molecule has 2 N–H and O–H groups in total. The number of likely N-dealkylation sites (tertiary alicyclic amines) is 1. The van der Waals surface area contributed by atoms with Crippen LogP contribution >= 0.6 is 12.4 Å². The summed E-state index contributed by atoms with van der Waals surface area (Å²) < 4.78 is 0. The van der Waals surface area contributed by atoms with E-state index in [-0.39, 0.29) is 36.0 Å². The summed E-state index contributed by atoms with van der Waals surface area (Å²) in [5.41, 5.74) is -0.360. The predicted octanol–water partition coefficient (Wildman–Crippen LogP) is 1.31. The number of amides is 1. The number of carbonyl (C=O) groups excluding carboxylic acids is 1. The Balaban J connectivity index is 0.00000162. The van der Waals surface area contributed by atoms with E-state index < -0.39 is 0 Å². The maximum atomic E-state index is 12.5. The van der Waals surface area contributed by atoms with Gasteiger partial charge in [0.05, 0.1) is 11.6 Å². The lowest BCUT2D eigenvalue weighted by Gasteiger charge is -2.33. The Hall–Kier alpha value is -0.320. The lowest BCUT2D eigenvalue weighted by Crippen LogP contribution is -2.54.